The molecule has 2 atom stereocenters. The van der Waals surface area contributed by atoms with Crippen LogP contribution < -0.4 is 0 Å². The summed E-state index contributed by atoms with van der Waals surface area (Å²) < 4.78 is 0.312. The predicted molar refractivity (Wildman–Crippen MR) is 55.2 cm³/mol. The summed E-state index contributed by atoms with van der Waals surface area (Å²) in [6, 6.07) is 0. The average Bonchev–Trinajstić information content (AvgIpc) is 2.29. The van der Waals surface area contributed by atoms with Crippen molar-refractivity contribution < 1.29 is 0 Å². The van der Waals surface area contributed by atoms with Gasteiger partial charge in [-0.2, -0.15) is 0 Å². The molecule has 0 spiro atoms. The third kappa shape index (κ3) is 1.44. The first-order valence-corrected chi connectivity index (χ1v) is 5.84. The number of rotatable bonds is 0. The quantitative estimate of drug-likeness (QED) is 0.467. The Balaban J connectivity index is 2.02. The highest BCUT2D eigenvalue weighted by Crippen LogP contribution is 2.65. The summed E-state index contributed by atoms with van der Waals surface area (Å²) in [5, 5.41) is 0. The van der Waals surface area contributed by atoms with E-state index in [1.54, 1.807) is 0 Å². The maximum absolute atomic E-state index is 3.74. The molecule has 0 amide bonds. The van der Waals surface area contributed by atoms with Crippen LogP contribution >= 0.6 is 31.9 Å². The lowest BCUT2D eigenvalue weighted by molar-refractivity contribution is 0.605. The van der Waals surface area contributed by atoms with E-state index in [2.05, 4.69) is 44.0 Å². The summed E-state index contributed by atoms with van der Waals surface area (Å²) in [6.45, 7) is 0. The van der Waals surface area contributed by atoms with Crippen LogP contribution in [0.5, 0.6) is 0 Å². The minimum atomic E-state index is 0.312. The molecule has 0 unspecified atom stereocenters. The van der Waals surface area contributed by atoms with Crippen LogP contribution in [0, 0.1) is 11.8 Å². The van der Waals surface area contributed by atoms with E-state index in [-0.39, 0.29) is 0 Å². The summed E-state index contributed by atoms with van der Waals surface area (Å²) in [6.07, 6.45) is 9.87. The van der Waals surface area contributed by atoms with Crippen molar-refractivity contribution in [1.82, 2.24) is 0 Å². The number of hydrogen-bond donors (Lipinski definition) is 0. The highest BCUT2D eigenvalue weighted by molar-refractivity contribution is 9.25. The number of alkyl halides is 2. The Kier molecular flexibility index (Phi) is 2.17. The molecular formula is C9H12Br2. The minimum Gasteiger partial charge on any atom is -0.0885 e. The van der Waals surface area contributed by atoms with E-state index in [1.807, 2.05) is 0 Å². The van der Waals surface area contributed by atoms with Crippen molar-refractivity contribution in [2.45, 2.75) is 28.9 Å². The number of halogens is 2. The van der Waals surface area contributed by atoms with Gasteiger partial charge in [-0.15, -0.1) is 0 Å². The molecule has 0 aliphatic heterocycles. The zero-order valence-electron chi connectivity index (χ0n) is 6.39. The smallest absolute Gasteiger partial charge is 0.0868 e. The average molecular weight is 280 g/mol. The van der Waals surface area contributed by atoms with Gasteiger partial charge < -0.3 is 0 Å². The van der Waals surface area contributed by atoms with E-state index in [4.69, 9.17) is 0 Å². The monoisotopic (exact) mass is 278 g/mol. The molecule has 11 heavy (non-hydrogen) atoms. The fourth-order valence-electron chi connectivity index (χ4n) is 2.04. The van der Waals surface area contributed by atoms with E-state index in [0.29, 0.717) is 3.23 Å². The number of hydrogen-bond acceptors (Lipinski definition) is 0. The van der Waals surface area contributed by atoms with Crippen LogP contribution in [0.1, 0.15) is 25.7 Å². The maximum atomic E-state index is 3.74. The molecule has 0 aromatic heterocycles. The fourth-order valence-corrected chi connectivity index (χ4v) is 3.96. The summed E-state index contributed by atoms with van der Waals surface area (Å²) in [7, 11) is 0. The van der Waals surface area contributed by atoms with Crippen LogP contribution in [0.25, 0.3) is 0 Å². The molecule has 0 aromatic carbocycles. The molecule has 62 valence electrons. The first-order valence-electron chi connectivity index (χ1n) is 4.25. The van der Waals surface area contributed by atoms with Crippen LogP contribution in [-0.4, -0.2) is 3.23 Å². The van der Waals surface area contributed by atoms with Crippen molar-refractivity contribution in [3.63, 3.8) is 0 Å². The second-order valence-electron chi connectivity index (χ2n) is 3.51. The number of allylic oxidation sites excluding steroid dienone is 2. The first-order chi connectivity index (χ1) is 5.23. The highest BCUT2D eigenvalue weighted by Gasteiger charge is 2.60. The molecule has 0 N–H and O–H groups in total. The van der Waals surface area contributed by atoms with Crippen molar-refractivity contribution in [3.05, 3.63) is 12.2 Å². The molecule has 0 aromatic rings. The second kappa shape index (κ2) is 2.88. The van der Waals surface area contributed by atoms with Crippen LogP contribution in [0.2, 0.25) is 0 Å². The lowest BCUT2D eigenvalue weighted by Gasteiger charge is -1.98. The first kappa shape index (κ1) is 8.31. The third-order valence-corrected chi connectivity index (χ3v) is 5.17. The molecule has 0 radical (unpaired) electrons. The molecule has 0 saturated heterocycles. The Morgan fingerprint density at radius 3 is 1.91 bits per heavy atom. The number of fused-ring (bicyclic) bond motifs is 1. The Labute approximate surface area is 84.7 Å². The molecule has 0 nitrogen and oxygen atoms in total. The molecular weight excluding hydrogens is 268 g/mol. The van der Waals surface area contributed by atoms with E-state index < -0.39 is 0 Å². The van der Waals surface area contributed by atoms with Crippen molar-refractivity contribution in [2.24, 2.45) is 11.8 Å². The fraction of sp³-hybridized carbons (Fsp3) is 0.778. The Bertz CT molecular complexity index is 166. The zero-order valence-corrected chi connectivity index (χ0v) is 9.57. The van der Waals surface area contributed by atoms with E-state index in [1.165, 1.54) is 25.7 Å². The zero-order chi connectivity index (χ0) is 7.90. The minimum absolute atomic E-state index is 0.312. The van der Waals surface area contributed by atoms with Crippen LogP contribution in [-0.2, 0) is 0 Å². The van der Waals surface area contributed by atoms with Crippen LogP contribution in [0.4, 0.5) is 0 Å². The highest BCUT2D eigenvalue weighted by atomic mass is 79.9. The van der Waals surface area contributed by atoms with Gasteiger partial charge >= 0.3 is 0 Å². The summed E-state index contributed by atoms with van der Waals surface area (Å²) in [4.78, 5) is 0. The van der Waals surface area contributed by atoms with Crippen LogP contribution in [0.3, 0.4) is 0 Å². The largest absolute Gasteiger partial charge is 0.0885 e. The van der Waals surface area contributed by atoms with Gasteiger partial charge in [-0.25, -0.2) is 0 Å². The Hall–Kier alpha value is 0.700. The van der Waals surface area contributed by atoms with Crippen molar-refractivity contribution in [2.75, 3.05) is 0 Å². The lowest BCUT2D eigenvalue weighted by Crippen LogP contribution is -1.87. The molecule has 2 aliphatic rings. The molecule has 2 heteroatoms. The van der Waals surface area contributed by atoms with Gasteiger partial charge in [0.05, 0.1) is 3.23 Å². The summed E-state index contributed by atoms with van der Waals surface area (Å²) in [5.41, 5.74) is 0. The molecule has 2 aliphatic carbocycles. The molecule has 1 fully saturated rings. The van der Waals surface area contributed by atoms with Gasteiger partial charge in [0.25, 0.3) is 0 Å². The van der Waals surface area contributed by atoms with Gasteiger partial charge in [0.1, 0.15) is 0 Å². The van der Waals surface area contributed by atoms with E-state index >= 15 is 0 Å². The van der Waals surface area contributed by atoms with Gasteiger partial charge in [-0.05, 0) is 37.5 Å². The second-order valence-corrected chi connectivity index (χ2v) is 7.20. The third-order valence-electron chi connectivity index (χ3n) is 2.82. The topological polar surface area (TPSA) is 0 Å². The van der Waals surface area contributed by atoms with Crippen molar-refractivity contribution >= 4 is 31.9 Å². The SMILES string of the molecule is BrC1(Br)[C@H]2CCC=CCC[C@@H]21. The van der Waals surface area contributed by atoms with E-state index in [0.717, 1.165) is 11.8 Å². The Morgan fingerprint density at radius 2 is 1.45 bits per heavy atom. The Morgan fingerprint density at radius 1 is 1.00 bits per heavy atom. The molecule has 1 saturated carbocycles. The van der Waals surface area contributed by atoms with Gasteiger partial charge in [0.15, 0.2) is 0 Å². The van der Waals surface area contributed by atoms with Crippen LogP contribution in [0.15, 0.2) is 12.2 Å². The molecule has 0 bridgehead atoms. The van der Waals surface area contributed by atoms with Gasteiger partial charge in [0, 0.05) is 0 Å². The lowest BCUT2D eigenvalue weighted by atomic mass is 10.1. The van der Waals surface area contributed by atoms with E-state index in [9.17, 15) is 0 Å². The normalized spacial score (nSPS) is 40.5. The van der Waals surface area contributed by atoms with Gasteiger partial charge in [0.2, 0.25) is 0 Å². The van der Waals surface area contributed by atoms with Crippen molar-refractivity contribution in [3.8, 4) is 0 Å². The predicted octanol–water partition coefficient (Wildman–Crippen LogP) is 3.85. The van der Waals surface area contributed by atoms with Gasteiger partial charge in [-0.3, -0.25) is 0 Å². The standard InChI is InChI=1S/C9H12Br2/c10-9(11)7-5-3-1-2-4-6-8(7)9/h1-2,7-8H,3-6H2/t7-,8-/m0/s1. The molecule has 2 rings (SSSR count). The van der Waals surface area contributed by atoms with Crippen molar-refractivity contribution in [1.29, 1.82) is 0 Å². The summed E-state index contributed by atoms with van der Waals surface area (Å²) >= 11 is 7.48. The van der Waals surface area contributed by atoms with Gasteiger partial charge in [-0.1, -0.05) is 44.0 Å². The summed E-state index contributed by atoms with van der Waals surface area (Å²) in [5.74, 6) is 1.76. The molecule has 0 heterocycles. The maximum Gasteiger partial charge on any atom is 0.0868 e.